The number of aldehydes is 1. The number of hydrogen-bond donors (Lipinski definition) is 1. The molecule has 1 aromatic carbocycles. The van der Waals surface area contributed by atoms with E-state index in [4.69, 9.17) is 0 Å². The SMILES string of the molecule is O=Cc1ccc(C(O)C2CCCS(=O)(=O)C2)cc1. The Hall–Kier alpha value is -1.20. The maximum atomic E-state index is 11.5. The molecule has 1 aliphatic heterocycles. The molecule has 5 heteroatoms. The highest BCUT2D eigenvalue weighted by molar-refractivity contribution is 7.91. The van der Waals surface area contributed by atoms with E-state index in [9.17, 15) is 18.3 Å². The van der Waals surface area contributed by atoms with Crippen molar-refractivity contribution < 1.29 is 18.3 Å². The van der Waals surface area contributed by atoms with Crippen molar-refractivity contribution in [1.29, 1.82) is 0 Å². The summed E-state index contributed by atoms with van der Waals surface area (Å²) in [6.07, 6.45) is 1.29. The molecule has 0 saturated carbocycles. The number of aliphatic hydroxyl groups is 1. The molecule has 0 amide bonds. The number of sulfone groups is 1. The van der Waals surface area contributed by atoms with Crippen molar-refractivity contribution in [3.05, 3.63) is 35.4 Å². The number of hydrogen-bond acceptors (Lipinski definition) is 4. The minimum Gasteiger partial charge on any atom is -0.388 e. The quantitative estimate of drug-likeness (QED) is 0.840. The standard InChI is InChI=1S/C13H16O4S/c14-8-10-3-5-11(6-4-10)13(15)12-2-1-7-18(16,17)9-12/h3-6,8,12-13,15H,1-2,7,9H2. The fraction of sp³-hybridized carbons (Fsp3) is 0.462. The van der Waals surface area contributed by atoms with Crippen molar-refractivity contribution in [3.8, 4) is 0 Å². The molecule has 1 N–H and O–H groups in total. The lowest BCUT2D eigenvalue weighted by Crippen LogP contribution is -2.29. The van der Waals surface area contributed by atoms with E-state index in [-0.39, 0.29) is 17.4 Å². The maximum absolute atomic E-state index is 11.5. The predicted octanol–water partition coefficient (Wildman–Crippen LogP) is 1.36. The summed E-state index contributed by atoms with van der Waals surface area (Å²) in [6.45, 7) is 0. The van der Waals surface area contributed by atoms with Gasteiger partial charge in [0.1, 0.15) is 6.29 Å². The zero-order chi connectivity index (χ0) is 13.2. The molecule has 2 unspecified atom stereocenters. The highest BCUT2D eigenvalue weighted by Crippen LogP contribution is 2.30. The Morgan fingerprint density at radius 3 is 2.50 bits per heavy atom. The van der Waals surface area contributed by atoms with Gasteiger partial charge < -0.3 is 5.11 Å². The summed E-state index contributed by atoms with van der Waals surface area (Å²) in [6, 6.07) is 6.61. The first kappa shape index (κ1) is 13.2. The summed E-state index contributed by atoms with van der Waals surface area (Å²) >= 11 is 0. The summed E-state index contributed by atoms with van der Waals surface area (Å²) in [4.78, 5) is 10.5. The van der Waals surface area contributed by atoms with Gasteiger partial charge in [0.05, 0.1) is 17.6 Å². The molecule has 0 spiro atoms. The van der Waals surface area contributed by atoms with E-state index < -0.39 is 15.9 Å². The third-order valence-corrected chi connectivity index (χ3v) is 5.21. The van der Waals surface area contributed by atoms with E-state index in [0.717, 1.165) is 12.7 Å². The van der Waals surface area contributed by atoms with Crippen molar-refractivity contribution in [1.82, 2.24) is 0 Å². The lowest BCUT2D eigenvalue weighted by Gasteiger charge is -2.26. The van der Waals surface area contributed by atoms with Crippen LogP contribution < -0.4 is 0 Å². The topological polar surface area (TPSA) is 71.4 Å². The second-order valence-corrected chi connectivity index (χ2v) is 6.97. The minimum absolute atomic E-state index is 0.0452. The van der Waals surface area contributed by atoms with Gasteiger partial charge in [0.2, 0.25) is 0 Å². The normalized spacial score (nSPS) is 24.4. The molecular weight excluding hydrogens is 252 g/mol. The first-order valence-electron chi connectivity index (χ1n) is 5.95. The highest BCUT2D eigenvalue weighted by Gasteiger charge is 2.30. The van der Waals surface area contributed by atoms with Gasteiger partial charge in [0.15, 0.2) is 9.84 Å². The summed E-state index contributed by atoms with van der Waals surface area (Å²) < 4.78 is 23.1. The van der Waals surface area contributed by atoms with Crippen LogP contribution in [0.3, 0.4) is 0 Å². The number of rotatable bonds is 3. The molecule has 2 rings (SSSR count). The molecule has 0 aromatic heterocycles. The Morgan fingerprint density at radius 2 is 1.94 bits per heavy atom. The molecule has 1 aromatic rings. The Bertz CT molecular complexity index is 518. The summed E-state index contributed by atoms with van der Waals surface area (Å²) in [5.41, 5.74) is 1.21. The third kappa shape index (κ3) is 2.97. The zero-order valence-electron chi connectivity index (χ0n) is 9.95. The Labute approximate surface area is 107 Å². The molecule has 1 heterocycles. The van der Waals surface area contributed by atoms with Gasteiger partial charge in [0.25, 0.3) is 0 Å². The fourth-order valence-electron chi connectivity index (χ4n) is 2.35. The molecule has 2 atom stereocenters. The first-order chi connectivity index (χ1) is 8.52. The van der Waals surface area contributed by atoms with Crippen molar-refractivity contribution in [2.24, 2.45) is 5.92 Å². The van der Waals surface area contributed by atoms with E-state index in [1.807, 2.05) is 0 Å². The predicted molar refractivity (Wildman–Crippen MR) is 68.2 cm³/mol. The van der Waals surface area contributed by atoms with Crippen LogP contribution in [0, 0.1) is 5.92 Å². The van der Waals surface area contributed by atoms with Gasteiger partial charge >= 0.3 is 0 Å². The van der Waals surface area contributed by atoms with Crippen molar-refractivity contribution in [3.63, 3.8) is 0 Å². The summed E-state index contributed by atoms with van der Waals surface area (Å²) in [7, 11) is -3.01. The molecular formula is C13H16O4S. The molecule has 1 fully saturated rings. The van der Waals surface area contributed by atoms with E-state index >= 15 is 0 Å². The van der Waals surface area contributed by atoms with Crippen LogP contribution in [0.15, 0.2) is 24.3 Å². The van der Waals surface area contributed by atoms with Crippen LogP contribution in [-0.4, -0.2) is 31.3 Å². The summed E-state index contributed by atoms with van der Waals surface area (Å²) in [5, 5.41) is 10.2. The van der Waals surface area contributed by atoms with Gasteiger partial charge in [-0.2, -0.15) is 0 Å². The smallest absolute Gasteiger partial charge is 0.150 e. The maximum Gasteiger partial charge on any atom is 0.150 e. The van der Waals surface area contributed by atoms with Crippen LogP contribution in [-0.2, 0) is 9.84 Å². The van der Waals surface area contributed by atoms with Crippen LogP contribution in [0.1, 0.15) is 34.9 Å². The van der Waals surface area contributed by atoms with Gasteiger partial charge in [-0.05, 0) is 18.4 Å². The van der Waals surface area contributed by atoms with E-state index in [2.05, 4.69) is 0 Å². The van der Waals surface area contributed by atoms with Crippen molar-refractivity contribution in [2.45, 2.75) is 18.9 Å². The average Bonchev–Trinajstić information content (AvgIpc) is 2.37. The first-order valence-corrected chi connectivity index (χ1v) is 7.77. The second kappa shape index (κ2) is 5.20. The molecule has 98 valence electrons. The van der Waals surface area contributed by atoms with Crippen molar-refractivity contribution in [2.75, 3.05) is 11.5 Å². The van der Waals surface area contributed by atoms with Crippen LogP contribution in [0.2, 0.25) is 0 Å². The average molecular weight is 268 g/mol. The molecule has 4 nitrogen and oxygen atoms in total. The van der Waals surface area contributed by atoms with Crippen LogP contribution in [0.5, 0.6) is 0 Å². The van der Waals surface area contributed by atoms with Gasteiger partial charge in [-0.25, -0.2) is 8.42 Å². The molecule has 0 bridgehead atoms. The molecule has 18 heavy (non-hydrogen) atoms. The Kier molecular flexibility index (Phi) is 3.82. The van der Waals surface area contributed by atoms with Crippen LogP contribution >= 0.6 is 0 Å². The van der Waals surface area contributed by atoms with E-state index in [1.54, 1.807) is 24.3 Å². The number of carbonyl (C=O) groups excluding carboxylic acids is 1. The van der Waals surface area contributed by atoms with Gasteiger partial charge in [-0.15, -0.1) is 0 Å². The molecule has 1 saturated heterocycles. The number of carbonyl (C=O) groups is 1. The van der Waals surface area contributed by atoms with E-state index in [1.165, 1.54) is 0 Å². The fourth-order valence-corrected chi connectivity index (χ4v) is 4.13. The zero-order valence-corrected chi connectivity index (χ0v) is 10.8. The van der Waals surface area contributed by atoms with Gasteiger partial charge in [-0.1, -0.05) is 24.3 Å². The van der Waals surface area contributed by atoms with Gasteiger partial charge in [0, 0.05) is 11.5 Å². The largest absolute Gasteiger partial charge is 0.388 e. The Morgan fingerprint density at radius 1 is 1.28 bits per heavy atom. The van der Waals surface area contributed by atoms with Crippen LogP contribution in [0.4, 0.5) is 0 Å². The monoisotopic (exact) mass is 268 g/mol. The number of benzene rings is 1. The molecule has 0 aliphatic carbocycles. The second-order valence-electron chi connectivity index (χ2n) is 4.75. The van der Waals surface area contributed by atoms with E-state index in [0.29, 0.717) is 17.5 Å². The van der Waals surface area contributed by atoms with Crippen LogP contribution in [0.25, 0.3) is 0 Å². The lowest BCUT2D eigenvalue weighted by molar-refractivity contribution is 0.110. The summed E-state index contributed by atoms with van der Waals surface area (Å²) in [5.74, 6) is 0.0232. The number of aliphatic hydroxyl groups excluding tert-OH is 1. The third-order valence-electron chi connectivity index (χ3n) is 3.36. The molecule has 0 radical (unpaired) electrons. The van der Waals surface area contributed by atoms with Gasteiger partial charge in [-0.3, -0.25) is 4.79 Å². The Balaban J connectivity index is 2.14. The highest BCUT2D eigenvalue weighted by atomic mass is 32.2. The lowest BCUT2D eigenvalue weighted by atomic mass is 9.93. The molecule has 1 aliphatic rings. The minimum atomic E-state index is -3.01. The van der Waals surface area contributed by atoms with Crippen molar-refractivity contribution >= 4 is 16.1 Å².